The smallest absolute Gasteiger partial charge is 0 e. The molecule has 17 heteroatoms. The van der Waals surface area contributed by atoms with Crippen LogP contribution in [0, 0.1) is 248 Å². The van der Waals surface area contributed by atoms with Crippen LogP contribution in [0.2, 0.25) is 0 Å². The Morgan fingerprint density at radius 2 is 0.118 bits per heavy atom. The van der Waals surface area contributed by atoms with E-state index in [9.17, 15) is 0 Å². The van der Waals surface area contributed by atoms with Gasteiger partial charge in [0.2, 0.25) is 0 Å². The maximum atomic E-state index is 0. The van der Waals surface area contributed by atoms with Crippen molar-refractivity contribution in [1.29, 1.82) is 0 Å². The first-order chi connectivity index (χ1) is 0. The maximum Gasteiger partial charge on any atom is 0 e. The van der Waals surface area contributed by atoms with E-state index in [-0.39, 0.29) is 308 Å². The number of hydrogen-bond donors (Lipinski definition) is 0. The van der Waals surface area contributed by atoms with Gasteiger partial charge in [0.25, 0.3) is 0 Å². The Labute approximate surface area is 298 Å². The van der Waals surface area contributed by atoms with E-state index in [0.717, 1.165) is 0 Å². The van der Waals surface area contributed by atoms with Crippen molar-refractivity contribution in [1.82, 2.24) is 0 Å². The molecule has 0 aliphatic heterocycles. The molecule has 0 saturated heterocycles. The number of rotatable bonds is 0. The van der Waals surface area contributed by atoms with Gasteiger partial charge in [0.1, 0.15) is 0 Å². The molecule has 0 aliphatic carbocycles. The predicted molar refractivity (Wildman–Crippen MR) is 39.8 cm³/mol. The first-order valence-electron chi connectivity index (χ1n) is 0. The van der Waals surface area contributed by atoms with Gasteiger partial charge in [-0.15, -0.1) is 0 Å². The second kappa shape index (κ2) is 205. The molecule has 17 heavy (non-hydrogen) atoms. The minimum Gasteiger partial charge on any atom is -0.412 e. The Balaban J connectivity index is 0. The summed E-state index contributed by atoms with van der Waals surface area (Å²) in [5.41, 5.74) is 0. The van der Waals surface area contributed by atoms with Crippen molar-refractivity contribution in [3.8, 4) is 0 Å². The summed E-state index contributed by atoms with van der Waals surface area (Å²) in [6, 6.07) is 0. The van der Waals surface area contributed by atoms with Crippen LogP contribution in [-0.2, 0) is 0 Å². The summed E-state index contributed by atoms with van der Waals surface area (Å²) in [7, 11) is 0. The van der Waals surface area contributed by atoms with Gasteiger partial charge < -0.3 is 60.2 Å². The molecule has 0 aromatic carbocycles. The second-order valence-corrected chi connectivity index (χ2v) is 0. The fraction of sp³-hybridized carbons (Fsp3) is 0. The third kappa shape index (κ3) is 187. The van der Waals surface area contributed by atoms with Crippen molar-refractivity contribution in [3.05, 3.63) is 0 Å². The van der Waals surface area contributed by atoms with Crippen LogP contribution in [0.25, 0.3) is 0 Å². The molecule has 0 atom stereocenters. The summed E-state index contributed by atoms with van der Waals surface area (Å²) in [5, 5.41) is 0. The van der Waals surface area contributed by atoms with Crippen LogP contribution < -0.4 is 0 Å². The van der Waals surface area contributed by atoms with Gasteiger partial charge in [0.15, 0.2) is 0 Å². The van der Waals surface area contributed by atoms with Crippen LogP contribution in [0.5, 0.6) is 0 Å². The fourth-order valence-electron chi connectivity index (χ4n) is 0. The van der Waals surface area contributed by atoms with Gasteiger partial charge in [-0.25, -0.2) is 0 Å². The van der Waals surface area contributed by atoms with Gasteiger partial charge in [-0.05, 0) is 0 Å². The molecule has 0 amide bonds. The normalized spacial score (nSPS) is 0. The molecule has 0 unspecified atom stereocenters. The second-order valence-electron chi connectivity index (χ2n) is 0. The van der Waals surface area contributed by atoms with Gasteiger partial charge in [0, 0.05) is 248 Å². The third-order valence-corrected chi connectivity index (χ3v) is 0. The van der Waals surface area contributed by atoms with Gasteiger partial charge >= 0.3 is 0 Å². The quantitative estimate of drug-likeness (QED) is 0.218. The average molecular weight is 1040 g/mol. The van der Waals surface area contributed by atoms with E-state index in [4.69, 9.17) is 0 Å². The molecule has 0 aromatic rings. The van der Waals surface area contributed by atoms with Crippen molar-refractivity contribution in [2.75, 3.05) is 0 Å². The van der Waals surface area contributed by atoms with Crippen molar-refractivity contribution < 1.29 is 308 Å². The molecule has 106 valence electrons. The van der Waals surface area contributed by atoms with E-state index in [1.807, 2.05) is 0 Å². The summed E-state index contributed by atoms with van der Waals surface area (Å²) >= 11 is 0. The zero-order valence-corrected chi connectivity index (χ0v) is 31.2. The Morgan fingerprint density at radius 1 is 0.118 bits per heavy atom. The summed E-state index contributed by atoms with van der Waals surface area (Å²) < 4.78 is 0. The molecule has 0 rings (SSSR count). The van der Waals surface area contributed by atoms with E-state index in [1.54, 1.807) is 0 Å². The van der Waals surface area contributed by atoms with Crippen LogP contribution in [0.3, 0.4) is 0 Å². The molecule has 0 bridgehead atoms. The van der Waals surface area contributed by atoms with Gasteiger partial charge in [0.05, 0.1) is 0 Å². The molecule has 0 saturated carbocycles. The van der Waals surface area contributed by atoms with Gasteiger partial charge in [-0.1, -0.05) is 0 Å². The minimum atomic E-state index is 0. The standard InChI is InChI=1S/11H2O.6Pr/h11*1H2;;;;;;. The van der Waals surface area contributed by atoms with Crippen molar-refractivity contribution in [2.45, 2.75) is 0 Å². The molecular formula is H22O11Pr6. The maximum absolute atomic E-state index is 0. The molecule has 0 spiro atoms. The fourth-order valence-corrected chi connectivity index (χ4v) is 0. The molecule has 11 nitrogen and oxygen atoms in total. The molecule has 22 N–H and O–H groups in total. The van der Waals surface area contributed by atoms with Crippen LogP contribution >= 0.6 is 0 Å². The largest absolute Gasteiger partial charge is 0.412 e. The zero-order chi connectivity index (χ0) is 0. The van der Waals surface area contributed by atoms with Gasteiger partial charge in [-0.2, -0.15) is 0 Å². The van der Waals surface area contributed by atoms with Gasteiger partial charge in [-0.3, -0.25) is 0 Å². The summed E-state index contributed by atoms with van der Waals surface area (Å²) in [6.07, 6.45) is 0. The van der Waals surface area contributed by atoms with E-state index in [2.05, 4.69) is 0 Å². The summed E-state index contributed by atoms with van der Waals surface area (Å²) in [4.78, 5) is 0. The first-order valence-corrected chi connectivity index (χ1v) is 0. The molecule has 0 heterocycles. The Hall–Kier alpha value is 7.74. The van der Waals surface area contributed by atoms with E-state index < -0.39 is 0 Å². The van der Waals surface area contributed by atoms with E-state index >= 15 is 0 Å². The topological polar surface area (TPSA) is 346 Å². The molecule has 0 fully saturated rings. The SMILES string of the molecule is O.O.O.O.O.O.O.O.O.O.O.[Pr].[Pr].[Pr].[Pr].[Pr].[Pr]. The number of hydrogen-bond acceptors (Lipinski definition) is 0. The molecule has 0 aliphatic rings. The van der Waals surface area contributed by atoms with Crippen molar-refractivity contribution >= 4 is 0 Å². The average Bonchev–Trinajstić information content (AvgIpc) is 0. The summed E-state index contributed by atoms with van der Waals surface area (Å²) in [5.74, 6) is 0. The van der Waals surface area contributed by atoms with Crippen LogP contribution in [0.1, 0.15) is 0 Å². The Morgan fingerprint density at radius 3 is 0.118 bits per heavy atom. The van der Waals surface area contributed by atoms with Crippen LogP contribution in [0.4, 0.5) is 0 Å². The van der Waals surface area contributed by atoms with Crippen molar-refractivity contribution in [2.24, 2.45) is 0 Å². The van der Waals surface area contributed by atoms with Crippen molar-refractivity contribution in [3.63, 3.8) is 0 Å². The van der Waals surface area contributed by atoms with E-state index in [1.165, 1.54) is 0 Å². The Kier molecular flexibility index (Phi) is 2800. The molecule has 0 aromatic heterocycles. The van der Waals surface area contributed by atoms with Crippen LogP contribution in [-0.4, -0.2) is 60.2 Å². The molecule has 6 radical (unpaired) electrons. The Bertz CT molecular complexity index is 15.9. The van der Waals surface area contributed by atoms with Crippen LogP contribution in [0.15, 0.2) is 0 Å². The minimum absolute atomic E-state index is 0. The molecular weight excluding hydrogens is 1020 g/mol. The first kappa shape index (κ1) is 233. The van der Waals surface area contributed by atoms with E-state index in [0.29, 0.717) is 0 Å². The zero-order valence-electron chi connectivity index (χ0n) is 8.96. The third-order valence-electron chi connectivity index (χ3n) is 0. The summed E-state index contributed by atoms with van der Waals surface area (Å²) in [6.45, 7) is 0. The monoisotopic (exact) mass is 1040 g/mol. The predicted octanol–water partition coefficient (Wildman–Crippen LogP) is -9.07.